The van der Waals surface area contributed by atoms with Crippen molar-refractivity contribution in [1.82, 2.24) is 4.90 Å². The molecule has 0 bridgehead atoms. The summed E-state index contributed by atoms with van der Waals surface area (Å²) in [6.45, 7) is 2.35. The fourth-order valence-corrected chi connectivity index (χ4v) is 3.86. The van der Waals surface area contributed by atoms with E-state index in [4.69, 9.17) is 5.14 Å². The zero-order valence-corrected chi connectivity index (χ0v) is 14.5. The molecule has 2 N–H and O–H groups in total. The molecule has 1 aliphatic carbocycles. The molecule has 0 spiro atoms. The number of carbonyl (C=O) groups is 1. The van der Waals surface area contributed by atoms with Crippen LogP contribution >= 0.6 is 15.9 Å². The third-order valence-corrected chi connectivity index (χ3v) is 5.81. The molecule has 21 heavy (non-hydrogen) atoms. The summed E-state index contributed by atoms with van der Waals surface area (Å²) in [5.41, 5.74) is 0.842. The van der Waals surface area contributed by atoms with Crippen LogP contribution in [0.25, 0.3) is 0 Å². The third-order valence-electron chi connectivity index (χ3n) is 3.95. The van der Waals surface area contributed by atoms with Crippen molar-refractivity contribution >= 4 is 31.9 Å². The second-order valence-corrected chi connectivity index (χ2v) is 7.99. The normalized spacial score (nSPS) is 15.6. The highest BCUT2D eigenvalue weighted by Crippen LogP contribution is 2.28. The van der Waals surface area contributed by atoms with Crippen LogP contribution in [0.1, 0.15) is 35.2 Å². The number of benzene rings is 1. The van der Waals surface area contributed by atoms with E-state index >= 15 is 0 Å². The molecule has 0 saturated heterocycles. The van der Waals surface area contributed by atoms with Gasteiger partial charge >= 0.3 is 0 Å². The van der Waals surface area contributed by atoms with Crippen molar-refractivity contribution in [2.75, 3.05) is 13.6 Å². The molecular weight excluding hydrogens is 356 g/mol. The third kappa shape index (κ3) is 3.64. The van der Waals surface area contributed by atoms with E-state index in [9.17, 15) is 13.2 Å². The van der Waals surface area contributed by atoms with Crippen LogP contribution in [0, 0.1) is 12.8 Å². The first-order valence-electron chi connectivity index (χ1n) is 6.78. The van der Waals surface area contributed by atoms with Gasteiger partial charge in [-0.05, 0) is 43.4 Å². The van der Waals surface area contributed by atoms with Gasteiger partial charge in [-0.15, -0.1) is 0 Å². The predicted molar refractivity (Wildman–Crippen MR) is 84.6 cm³/mol. The maximum Gasteiger partial charge on any atom is 0.253 e. The van der Waals surface area contributed by atoms with E-state index in [1.54, 1.807) is 24.9 Å². The van der Waals surface area contributed by atoms with Crippen LogP contribution in [0.3, 0.4) is 0 Å². The first-order chi connectivity index (χ1) is 9.70. The maximum atomic E-state index is 12.4. The topological polar surface area (TPSA) is 80.5 Å². The van der Waals surface area contributed by atoms with Crippen LogP contribution in [0.2, 0.25) is 0 Å². The second kappa shape index (κ2) is 6.06. The average molecular weight is 375 g/mol. The zero-order chi connectivity index (χ0) is 15.8. The summed E-state index contributed by atoms with van der Waals surface area (Å²) in [4.78, 5) is 14.1. The van der Waals surface area contributed by atoms with Crippen molar-refractivity contribution < 1.29 is 13.2 Å². The lowest BCUT2D eigenvalue weighted by atomic mass is 9.85. The maximum absolute atomic E-state index is 12.4. The molecule has 1 amide bonds. The largest absolute Gasteiger partial charge is 0.341 e. The lowest BCUT2D eigenvalue weighted by molar-refractivity contribution is 0.0745. The number of sulfonamides is 1. The van der Waals surface area contributed by atoms with Gasteiger partial charge in [0.2, 0.25) is 10.0 Å². The van der Waals surface area contributed by atoms with Crippen molar-refractivity contribution in [3.05, 3.63) is 27.7 Å². The molecule has 5 nitrogen and oxygen atoms in total. The summed E-state index contributed by atoms with van der Waals surface area (Å²) >= 11 is 3.29. The minimum atomic E-state index is -3.85. The Bertz CT molecular complexity index is 669. The second-order valence-electron chi connectivity index (χ2n) is 5.61. The lowest BCUT2D eigenvalue weighted by Crippen LogP contribution is -2.34. The Hall–Kier alpha value is -0.920. The highest BCUT2D eigenvalue weighted by molar-refractivity contribution is 9.10. The fourth-order valence-electron chi connectivity index (χ4n) is 2.44. The number of nitrogens with zero attached hydrogens (tertiary/aromatic N) is 1. The monoisotopic (exact) mass is 374 g/mol. The van der Waals surface area contributed by atoms with Crippen molar-refractivity contribution in [3.8, 4) is 0 Å². The van der Waals surface area contributed by atoms with Crippen LogP contribution in [0.5, 0.6) is 0 Å². The van der Waals surface area contributed by atoms with Crippen molar-refractivity contribution in [1.29, 1.82) is 0 Å². The first kappa shape index (κ1) is 16.5. The van der Waals surface area contributed by atoms with E-state index < -0.39 is 10.0 Å². The summed E-state index contributed by atoms with van der Waals surface area (Å²) in [6, 6.07) is 3.00. The summed E-state index contributed by atoms with van der Waals surface area (Å²) in [5, 5.41) is 5.21. The Balaban J connectivity index is 2.30. The van der Waals surface area contributed by atoms with Crippen LogP contribution in [0.15, 0.2) is 21.5 Å². The van der Waals surface area contributed by atoms with E-state index in [1.807, 2.05) is 0 Å². The molecular formula is C14H19BrN2O3S. The molecule has 1 aliphatic rings. The van der Waals surface area contributed by atoms with Gasteiger partial charge < -0.3 is 4.90 Å². The Labute approximate surface area is 133 Å². The van der Waals surface area contributed by atoms with Gasteiger partial charge in [0.1, 0.15) is 0 Å². The smallest absolute Gasteiger partial charge is 0.253 e. The minimum absolute atomic E-state index is 0.0164. The molecule has 1 fully saturated rings. The Kier molecular flexibility index (Phi) is 4.75. The van der Waals surface area contributed by atoms with Crippen LogP contribution in [-0.2, 0) is 10.0 Å². The average Bonchev–Trinajstić information content (AvgIpc) is 2.34. The van der Waals surface area contributed by atoms with Gasteiger partial charge in [-0.3, -0.25) is 4.79 Å². The van der Waals surface area contributed by atoms with E-state index in [2.05, 4.69) is 15.9 Å². The molecule has 116 valence electrons. The first-order valence-corrected chi connectivity index (χ1v) is 9.12. The number of primary sulfonamides is 1. The number of hydrogen-bond acceptors (Lipinski definition) is 3. The molecule has 7 heteroatoms. The number of carbonyl (C=O) groups excluding carboxylic acids is 1. The van der Waals surface area contributed by atoms with Crippen LogP contribution < -0.4 is 5.14 Å². The zero-order valence-electron chi connectivity index (χ0n) is 12.1. The standard InChI is InChI=1S/C14H19BrN2O3S/c1-9-12(15)6-11(7-13(9)21(16,19)20)14(18)17(2)8-10-4-3-5-10/h6-7,10H,3-5,8H2,1-2H3,(H2,16,19,20). The molecule has 0 atom stereocenters. The summed E-state index contributed by atoms with van der Waals surface area (Å²) < 4.78 is 23.8. The molecule has 0 unspecified atom stereocenters. The number of nitrogens with two attached hydrogens (primary N) is 1. The number of rotatable bonds is 4. The van der Waals surface area contributed by atoms with Crippen molar-refractivity contribution in [2.45, 2.75) is 31.1 Å². The lowest BCUT2D eigenvalue weighted by Gasteiger charge is -2.30. The Morgan fingerprint density at radius 3 is 2.52 bits per heavy atom. The van der Waals surface area contributed by atoms with Gasteiger partial charge in [0, 0.05) is 23.6 Å². The number of hydrogen-bond donors (Lipinski definition) is 1. The van der Waals surface area contributed by atoms with Gasteiger partial charge in [-0.25, -0.2) is 13.6 Å². The molecule has 1 saturated carbocycles. The highest BCUT2D eigenvalue weighted by Gasteiger charge is 2.24. The van der Waals surface area contributed by atoms with Crippen molar-refractivity contribution in [3.63, 3.8) is 0 Å². The Morgan fingerprint density at radius 2 is 2.05 bits per heavy atom. The summed E-state index contributed by atoms with van der Waals surface area (Å²) in [7, 11) is -2.11. The predicted octanol–water partition coefficient (Wildman–Crippen LogP) is 2.28. The molecule has 0 heterocycles. The summed E-state index contributed by atoms with van der Waals surface area (Å²) in [6.07, 6.45) is 3.52. The van der Waals surface area contributed by atoms with Gasteiger partial charge in [0.15, 0.2) is 0 Å². The van der Waals surface area contributed by atoms with Gasteiger partial charge in [-0.1, -0.05) is 22.4 Å². The van der Waals surface area contributed by atoms with Crippen LogP contribution in [-0.4, -0.2) is 32.8 Å². The van der Waals surface area contributed by atoms with E-state index in [-0.39, 0.29) is 10.8 Å². The number of amides is 1. The molecule has 0 radical (unpaired) electrons. The van der Waals surface area contributed by atoms with Crippen molar-refractivity contribution in [2.24, 2.45) is 11.1 Å². The number of halogens is 1. The van der Waals surface area contributed by atoms with Gasteiger partial charge in [-0.2, -0.15) is 0 Å². The molecule has 0 aliphatic heterocycles. The van der Waals surface area contributed by atoms with Gasteiger partial charge in [0.05, 0.1) is 4.90 Å². The highest BCUT2D eigenvalue weighted by atomic mass is 79.9. The quantitative estimate of drug-likeness (QED) is 0.877. The summed E-state index contributed by atoms with van der Waals surface area (Å²) in [5.74, 6) is 0.373. The van der Waals surface area contributed by atoms with E-state index in [1.165, 1.54) is 12.5 Å². The fraction of sp³-hybridized carbons (Fsp3) is 0.500. The van der Waals surface area contributed by atoms with E-state index in [0.717, 1.165) is 12.8 Å². The van der Waals surface area contributed by atoms with Crippen LogP contribution in [0.4, 0.5) is 0 Å². The molecule has 0 aromatic heterocycles. The SMILES string of the molecule is Cc1c(Br)cc(C(=O)N(C)CC2CCC2)cc1S(N)(=O)=O. The Morgan fingerprint density at radius 1 is 1.43 bits per heavy atom. The molecule has 1 aromatic rings. The minimum Gasteiger partial charge on any atom is -0.341 e. The molecule has 2 rings (SSSR count). The van der Waals surface area contributed by atoms with E-state index in [0.29, 0.717) is 28.1 Å². The van der Waals surface area contributed by atoms with Gasteiger partial charge in [0.25, 0.3) is 5.91 Å². The molecule has 1 aromatic carbocycles.